The van der Waals surface area contributed by atoms with Gasteiger partial charge in [-0.05, 0) is 43.9 Å². The third-order valence-electron chi connectivity index (χ3n) is 7.04. The first-order valence-corrected chi connectivity index (χ1v) is 10.6. The largest absolute Gasteiger partial charge is 0.463 e. The van der Waals surface area contributed by atoms with Crippen LogP contribution in [0, 0.1) is 17.8 Å². The number of carbonyl (C=O) groups excluding carboxylic acids is 5. The fourth-order valence-electron chi connectivity index (χ4n) is 5.61. The lowest BCUT2D eigenvalue weighted by molar-refractivity contribution is -0.137. The molecule has 3 amide bonds. The van der Waals surface area contributed by atoms with Crippen LogP contribution in [0.25, 0.3) is 0 Å². The number of rotatable bonds is 2. The van der Waals surface area contributed by atoms with Crippen molar-refractivity contribution in [3.05, 3.63) is 58.1 Å². The number of imide groups is 3. The first-order valence-electron chi connectivity index (χ1n) is 10.6. The maximum absolute atomic E-state index is 13.2. The van der Waals surface area contributed by atoms with Crippen LogP contribution in [0.5, 0.6) is 0 Å². The lowest BCUT2D eigenvalue weighted by Gasteiger charge is -2.41. The second kappa shape index (κ2) is 7.48. The van der Waals surface area contributed by atoms with Crippen LogP contribution in [0.1, 0.15) is 37.2 Å². The van der Waals surface area contributed by atoms with Crippen molar-refractivity contribution in [1.82, 2.24) is 4.90 Å². The van der Waals surface area contributed by atoms with Crippen molar-refractivity contribution in [2.75, 3.05) is 7.11 Å². The van der Waals surface area contributed by atoms with Gasteiger partial charge in [-0.15, -0.1) is 0 Å². The number of methoxy groups -OCH3 is 1. The van der Waals surface area contributed by atoms with Gasteiger partial charge in [-0.1, -0.05) is 11.6 Å². The Morgan fingerprint density at radius 1 is 1.18 bits per heavy atom. The van der Waals surface area contributed by atoms with Crippen molar-refractivity contribution in [2.24, 2.45) is 17.8 Å². The second-order valence-electron chi connectivity index (χ2n) is 8.67. The number of hydrogen-bond acceptors (Lipinski definition) is 8. The van der Waals surface area contributed by atoms with Gasteiger partial charge >= 0.3 is 6.09 Å². The van der Waals surface area contributed by atoms with E-state index in [2.05, 4.69) is 4.74 Å². The Hall–Kier alpha value is -3.59. The number of nitrogens with zero attached hydrogens (tertiary/aromatic N) is 1. The Bertz CT molecular complexity index is 1230. The average Bonchev–Trinajstić information content (AvgIpc) is 3.38. The van der Waals surface area contributed by atoms with Gasteiger partial charge in [0.2, 0.25) is 11.8 Å². The van der Waals surface area contributed by atoms with Crippen LogP contribution in [0.4, 0.5) is 4.79 Å². The number of Topliss-reactive ketones (excluding diaryl/α,β-unsaturated/α-hetero) is 1. The Balaban J connectivity index is 1.66. The smallest absolute Gasteiger partial charge is 0.423 e. The number of amides is 3. The molecule has 1 aliphatic heterocycles. The van der Waals surface area contributed by atoms with Crippen LogP contribution < -0.4 is 0 Å². The second-order valence-corrected chi connectivity index (χ2v) is 8.67. The summed E-state index contributed by atoms with van der Waals surface area (Å²) in [4.78, 5) is 64.8. The SMILES string of the molecule is COC(=O)N1C(=O)C2CC=C3C(c4ccc(CO)o4)C4=C(CC3C2C1=O)C(=O)C(C)=CC4=O. The highest BCUT2D eigenvalue weighted by molar-refractivity contribution is 6.24. The van der Waals surface area contributed by atoms with E-state index in [0.717, 1.165) is 7.11 Å². The molecule has 4 unspecified atom stereocenters. The monoisotopic (exact) mass is 451 g/mol. The van der Waals surface area contributed by atoms with Crippen LogP contribution in [0.2, 0.25) is 0 Å². The number of carbonyl (C=O) groups is 5. The van der Waals surface area contributed by atoms with Crippen molar-refractivity contribution >= 4 is 29.5 Å². The average molecular weight is 451 g/mol. The normalized spacial score (nSPS) is 28.9. The molecule has 0 bridgehead atoms. The molecule has 0 radical (unpaired) electrons. The molecule has 3 aliphatic carbocycles. The summed E-state index contributed by atoms with van der Waals surface area (Å²) in [6.45, 7) is 1.23. The Labute approximate surface area is 188 Å². The molecule has 4 aliphatic rings. The molecule has 1 saturated heterocycles. The molecule has 1 fully saturated rings. The van der Waals surface area contributed by atoms with E-state index in [1.165, 1.54) is 6.08 Å². The number of fused-ring (bicyclic) bond motifs is 3. The van der Waals surface area contributed by atoms with Crippen molar-refractivity contribution in [3.63, 3.8) is 0 Å². The summed E-state index contributed by atoms with van der Waals surface area (Å²) < 4.78 is 10.4. The molecular formula is C24H21NO8. The van der Waals surface area contributed by atoms with Gasteiger partial charge in [0.15, 0.2) is 11.6 Å². The Morgan fingerprint density at radius 3 is 2.61 bits per heavy atom. The fraction of sp³-hybridized carbons (Fsp3) is 0.375. The molecule has 4 atom stereocenters. The minimum Gasteiger partial charge on any atom is -0.463 e. The first kappa shape index (κ1) is 21.3. The predicted molar refractivity (Wildman–Crippen MR) is 110 cm³/mol. The summed E-state index contributed by atoms with van der Waals surface area (Å²) in [5, 5.41) is 9.45. The number of ether oxygens (including phenoxy) is 1. The van der Waals surface area contributed by atoms with Gasteiger partial charge in [0.05, 0.1) is 24.9 Å². The zero-order valence-corrected chi connectivity index (χ0v) is 18.0. The van der Waals surface area contributed by atoms with E-state index >= 15 is 0 Å². The van der Waals surface area contributed by atoms with Crippen LogP contribution in [-0.4, -0.2) is 46.6 Å². The molecule has 33 heavy (non-hydrogen) atoms. The quantitative estimate of drug-likeness (QED) is 0.410. The van der Waals surface area contributed by atoms with Crippen LogP contribution in [0.15, 0.2) is 51.0 Å². The summed E-state index contributed by atoms with van der Waals surface area (Å²) in [5.41, 5.74) is 1.60. The molecular weight excluding hydrogens is 430 g/mol. The van der Waals surface area contributed by atoms with Gasteiger partial charge in [0.1, 0.15) is 18.1 Å². The molecule has 1 N–H and O–H groups in total. The summed E-state index contributed by atoms with van der Waals surface area (Å²) >= 11 is 0. The summed E-state index contributed by atoms with van der Waals surface area (Å²) in [6, 6.07) is 3.23. The zero-order valence-electron chi connectivity index (χ0n) is 18.0. The maximum atomic E-state index is 13.2. The summed E-state index contributed by atoms with van der Waals surface area (Å²) in [5.74, 6) is -4.09. The summed E-state index contributed by atoms with van der Waals surface area (Å²) in [6.07, 6.45) is 2.40. The number of furan rings is 1. The zero-order chi connectivity index (χ0) is 23.6. The van der Waals surface area contributed by atoms with Gasteiger partial charge in [-0.3, -0.25) is 19.2 Å². The number of aliphatic hydroxyl groups is 1. The highest BCUT2D eigenvalue weighted by Gasteiger charge is 2.58. The highest BCUT2D eigenvalue weighted by atomic mass is 16.5. The van der Waals surface area contributed by atoms with Gasteiger partial charge in [0, 0.05) is 16.7 Å². The molecule has 1 aromatic heterocycles. The van der Waals surface area contributed by atoms with Gasteiger partial charge in [0.25, 0.3) is 0 Å². The molecule has 1 aromatic rings. The Kier molecular flexibility index (Phi) is 4.82. The molecule has 0 aromatic carbocycles. The van der Waals surface area contributed by atoms with Crippen LogP contribution in [-0.2, 0) is 30.5 Å². The molecule has 9 nitrogen and oxygen atoms in total. The number of allylic oxidation sites excluding steroid dienone is 6. The van der Waals surface area contributed by atoms with Gasteiger partial charge in [-0.2, -0.15) is 4.90 Å². The summed E-state index contributed by atoms with van der Waals surface area (Å²) in [7, 11) is 1.10. The lowest BCUT2D eigenvalue weighted by atomic mass is 9.60. The third-order valence-corrected chi connectivity index (χ3v) is 7.04. The van der Waals surface area contributed by atoms with Crippen molar-refractivity contribution < 1.29 is 38.2 Å². The third kappa shape index (κ3) is 2.92. The fourth-order valence-corrected chi connectivity index (χ4v) is 5.61. The van der Waals surface area contributed by atoms with E-state index in [1.54, 1.807) is 19.1 Å². The van der Waals surface area contributed by atoms with E-state index < -0.39 is 41.6 Å². The molecule has 170 valence electrons. The standard InChI is InChI=1S/C24H21NO8/c1-10-7-16(27)19-15(21(10)28)8-14-12(20(19)17-6-3-11(9-26)33-17)4-5-13-18(14)23(30)25(22(13)29)24(31)32-2/h3-4,6-7,13-14,18,20,26H,5,8-9H2,1-2H3. The van der Waals surface area contributed by atoms with E-state index in [4.69, 9.17) is 4.42 Å². The maximum Gasteiger partial charge on any atom is 0.423 e. The number of likely N-dealkylation sites (tertiary alicyclic amines) is 1. The van der Waals surface area contributed by atoms with E-state index in [0.29, 0.717) is 38.7 Å². The topological polar surface area (TPSA) is 131 Å². The number of ketones is 2. The van der Waals surface area contributed by atoms with E-state index in [-0.39, 0.29) is 31.0 Å². The molecule has 0 spiro atoms. The minimum atomic E-state index is -1.03. The first-order chi connectivity index (χ1) is 15.8. The highest BCUT2D eigenvalue weighted by Crippen LogP contribution is 2.55. The van der Waals surface area contributed by atoms with E-state index in [9.17, 15) is 29.1 Å². The van der Waals surface area contributed by atoms with Crippen molar-refractivity contribution in [1.29, 1.82) is 0 Å². The van der Waals surface area contributed by atoms with Crippen molar-refractivity contribution in [2.45, 2.75) is 32.3 Å². The predicted octanol–water partition coefficient (Wildman–Crippen LogP) is 1.97. The minimum absolute atomic E-state index is 0.107. The molecule has 5 rings (SSSR count). The molecule has 0 saturated carbocycles. The van der Waals surface area contributed by atoms with Crippen molar-refractivity contribution in [3.8, 4) is 0 Å². The molecule has 2 heterocycles. The van der Waals surface area contributed by atoms with Crippen LogP contribution >= 0.6 is 0 Å². The lowest BCUT2D eigenvalue weighted by Crippen LogP contribution is -2.40. The van der Waals surface area contributed by atoms with Gasteiger partial charge < -0.3 is 14.3 Å². The van der Waals surface area contributed by atoms with E-state index in [1.807, 2.05) is 6.08 Å². The number of hydrogen-bond donors (Lipinski definition) is 1. The number of aliphatic hydroxyl groups excluding tert-OH is 1. The van der Waals surface area contributed by atoms with Crippen LogP contribution in [0.3, 0.4) is 0 Å². The van der Waals surface area contributed by atoms with Gasteiger partial charge in [-0.25, -0.2) is 4.79 Å². The molecule has 9 heteroatoms. The Morgan fingerprint density at radius 2 is 1.94 bits per heavy atom.